The first-order valence-electron chi connectivity index (χ1n) is 7.46. The molecule has 0 spiro atoms. The van der Waals surface area contributed by atoms with Gasteiger partial charge in [0.25, 0.3) is 0 Å². The Hall–Kier alpha value is -1.16. The Kier molecular flexibility index (Phi) is 4.51. The molecule has 1 unspecified atom stereocenters. The van der Waals surface area contributed by atoms with Gasteiger partial charge in [-0.3, -0.25) is 0 Å². The van der Waals surface area contributed by atoms with Crippen LogP contribution >= 0.6 is 11.3 Å². The molecule has 2 aromatic rings. The summed E-state index contributed by atoms with van der Waals surface area (Å²) < 4.78 is 0. The maximum absolute atomic E-state index is 3.62. The summed E-state index contributed by atoms with van der Waals surface area (Å²) in [5.41, 5.74) is 2.97. The molecule has 106 valence electrons. The minimum Gasteiger partial charge on any atom is -0.310 e. The first-order chi connectivity index (χ1) is 9.86. The molecule has 1 aliphatic rings. The molecule has 0 amide bonds. The lowest BCUT2D eigenvalue weighted by Gasteiger charge is -2.27. The lowest BCUT2D eigenvalue weighted by Crippen LogP contribution is -2.36. The largest absolute Gasteiger partial charge is 0.310 e. The number of thiophene rings is 1. The van der Waals surface area contributed by atoms with E-state index in [0.29, 0.717) is 6.04 Å². The van der Waals surface area contributed by atoms with Gasteiger partial charge in [0.2, 0.25) is 0 Å². The van der Waals surface area contributed by atoms with Crippen molar-refractivity contribution in [3.63, 3.8) is 0 Å². The number of fused-ring (bicyclic) bond motifs is 1. The van der Waals surface area contributed by atoms with E-state index >= 15 is 0 Å². The third kappa shape index (κ3) is 3.11. The molecule has 0 bridgehead atoms. The number of hydrogen-bond acceptors (Lipinski definition) is 3. The fraction of sp³-hybridized carbons (Fsp3) is 0.412. The molecule has 1 aromatic heterocycles. The SMILES string of the molecule is CCc1ccc(CNCC2NCCc3ccccc32)s1. The standard InChI is InChI=1S/C17H22N2S/c1-2-14-7-8-15(20-14)11-18-12-17-16-6-4-3-5-13(16)9-10-19-17/h3-8,17-19H,2,9-12H2,1H3. The number of rotatable bonds is 5. The molecule has 0 fully saturated rings. The normalized spacial score (nSPS) is 17.9. The van der Waals surface area contributed by atoms with Crippen molar-refractivity contribution in [1.82, 2.24) is 10.6 Å². The van der Waals surface area contributed by atoms with Crippen LogP contribution in [0.3, 0.4) is 0 Å². The highest BCUT2D eigenvalue weighted by Crippen LogP contribution is 2.22. The summed E-state index contributed by atoms with van der Waals surface area (Å²) in [5, 5.41) is 7.22. The zero-order valence-corrected chi connectivity index (χ0v) is 12.8. The van der Waals surface area contributed by atoms with Gasteiger partial charge in [-0.15, -0.1) is 11.3 Å². The van der Waals surface area contributed by atoms with Gasteiger partial charge < -0.3 is 10.6 Å². The molecular formula is C17H22N2S. The third-order valence-electron chi connectivity index (χ3n) is 3.93. The van der Waals surface area contributed by atoms with E-state index in [1.54, 1.807) is 0 Å². The van der Waals surface area contributed by atoms with Gasteiger partial charge in [-0.2, -0.15) is 0 Å². The smallest absolute Gasteiger partial charge is 0.0449 e. The molecule has 0 saturated heterocycles. The molecule has 20 heavy (non-hydrogen) atoms. The molecule has 0 saturated carbocycles. The van der Waals surface area contributed by atoms with E-state index in [1.165, 1.54) is 20.9 Å². The van der Waals surface area contributed by atoms with Crippen molar-refractivity contribution < 1.29 is 0 Å². The van der Waals surface area contributed by atoms with E-state index in [2.05, 4.69) is 54.0 Å². The maximum Gasteiger partial charge on any atom is 0.0449 e. The van der Waals surface area contributed by atoms with Crippen LogP contribution in [0.1, 0.15) is 33.8 Å². The molecule has 1 atom stereocenters. The second-order valence-corrected chi connectivity index (χ2v) is 6.56. The lowest BCUT2D eigenvalue weighted by atomic mass is 9.94. The molecule has 3 rings (SSSR count). The molecule has 3 heteroatoms. The first-order valence-corrected chi connectivity index (χ1v) is 8.28. The van der Waals surface area contributed by atoms with Crippen molar-refractivity contribution in [2.75, 3.05) is 13.1 Å². The molecule has 1 aromatic carbocycles. The Morgan fingerprint density at radius 3 is 2.90 bits per heavy atom. The van der Waals surface area contributed by atoms with Crippen LogP contribution in [0.15, 0.2) is 36.4 Å². The Balaban J connectivity index is 1.57. The topological polar surface area (TPSA) is 24.1 Å². The van der Waals surface area contributed by atoms with Gasteiger partial charge in [0.05, 0.1) is 0 Å². The predicted molar refractivity (Wildman–Crippen MR) is 86.3 cm³/mol. The average molecular weight is 286 g/mol. The fourth-order valence-electron chi connectivity index (χ4n) is 2.82. The van der Waals surface area contributed by atoms with E-state index in [4.69, 9.17) is 0 Å². The van der Waals surface area contributed by atoms with E-state index in [1.807, 2.05) is 11.3 Å². The zero-order chi connectivity index (χ0) is 13.8. The number of aryl methyl sites for hydroxylation is 1. The monoisotopic (exact) mass is 286 g/mol. The highest BCUT2D eigenvalue weighted by Gasteiger charge is 2.18. The Bertz CT molecular complexity index is 562. The summed E-state index contributed by atoms with van der Waals surface area (Å²) in [6.45, 7) is 5.27. The summed E-state index contributed by atoms with van der Waals surface area (Å²) in [6.07, 6.45) is 2.29. The molecule has 2 N–H and O–H groups in total. The van der Waals surface area contributed by atoms with Crippen LogP contribution in [0.25, 0.3) is 0 Å². The van der Waals surface area contributed by atoms with Gasteiger partial charge in [-0.1, -0.05) is 31.2 Å². The van der Waals surface area contributed by atoms with Gasteiger partial charge in [-0.05, 0) is 42.6 Å². The van der Waals surface area contributed by atoms with Gasteiger partial charge >= 0.3 is 0 Å². The maximum atomic E-state index is 3.62. The Morgan fingerprint density at radius 2 is 2.05 bits per heavy atom. The average Bonchev–Trinajstić information content (AvgIpc) is 2.95. The van der Waals surface area contributed by atoms with Gasteiger partial charge in [0.1, 0.15) is 0 Å². The minimum atomic E-state index is 0.450. The molecule has 0 radical (unpaired) electrons. The molecule has 0 aliphatic carbocycles. The number of benzene rings is 1. The third-order valence-corrected chi connectivity index (χ3v) is 5.16. The van der Waals surface area contributed by atoms with Gasteiger partial charge in [0, 0.05) is 28.9 Å². The first kappa shape index (κ1) is 13.8. The minimum absolute atomic E-state index is 0.450. The highest BCUT2D eigenvalue weighted by molar-refractivity contribution is 7.11. The Labute approximate surface area is 125 Å². The number of hydrogen-bond donors (Lipinski definition) is 2. The van der Waals surface area contributed by atoms with Crippen molar-refractivity contribution in [3.8, 4) is 0 Å². The summed E-state index contributed by atoms with van der Waals surface area (Å²) in [7, 11) is 0. The van der Waals surface area contributed by atoms with Crippen LogP contribution in [0.4, 0.5) is 0 Å². The highest BCUT2D eigenvalue weighted by atomic mass is 32.1. The van der Waals surface area contributed by atoms with E-state index < -0.39 is 0 Å². The van der Waals surface area contributed by atoms with Crippen LogP contribution in [0.5, 0.6) is 0 Å². The molecule has 2 nitrogen and oxygen atoms in total. The molecule has 2 heterocycles. The molecule has 1 aliphatic heterocycles. The van der Waals surface area contributed by atoms with E-state index in [-0.39, 0.29) is 0 Å². The fourth-order valence-corrected chi connectivity index (χ4v) is 3.75. The van der Waals surface area contributed by atoms with Gasteiger partial charge in [-0.25, -0.2) is 0 Å². The van der Waals surface area contributed by atoms with E-state index in [9.17, 15) is 0 Å². The second kappa shape index (κ2) is 6.53. The van der Waals surface area contributed by atoms with Crippen LogP contribution in [-0.2, 0) is 19.4 Å². The van der Waals surface area contributed by atoms with Crippen molar-refractivity contribution in [2.24, 2.45) is 0 Å². The van der Waals surface area contributed by atoms with Crippen LogP contribution in [-0.4, -0.2) is 13.1 Å². The van der Waals surface area contributed by atoms with Crippen LogP contribution in [0.2, 0.25) is 0 Å². The quantitative estimate of drug-likeness (QED) is 0.881. The molecular weight excluding hydrogens is 264 g/mol. The van der Waals surface area contributed by atoms with Crippen molar-refractivity contribution in [2.45, 2.75) is 32.4 Å². The lowest BCUT2D eigenvalue weighted by molar-refractivity contribution is 0.469. The predicted octanol–water partition coefficient (Wildman–Crippen LogP) is 3.29. The van der Waals surface area contributed by atoms with Crippen LogP contribution < -0.4 is 10.6 Å². The van der Waals surface area contributed by atoms with Crippen LogP contribution in [0, 0.1) is 0 Å². The van der Waals surface area contributed by atoms with Crippen molar-refractivity contribution in [1.29, 1.82) is 0 Å². The summed E-state index contributed by atoms with van der Waals surface area (Å²) in [4.78, 5) is 2.91. The summed E-state index contributed by atoms with van der Waals surface area (Å²) in [6, 6.07) is 13.8. The summed E-state index contributed by atoms with van der Waals surface area (Å²) >= 11 is 1.92. The number of nitrogens with one attached hydrogen (secondary N) is 2. The van der Waals surface area contributed by atoms with E-state index in [0.717, 1.165) is 32.5 Å². The second-order valence-electron chi connectivity index (χ2n) is 5.31. The van der Waals surface area contributed by atoms with Gasteiger partial charge in [0.15, 0.2) is 0 Å². The summed E-state index contributed by atoms with van der Waals surface area (Å²) in [5.74, 6) is 0. The zero-order valence-electron chi connectivity index (χ0n) is 12.0. The van der Waals surface area contributed by atoms with Crippen molar-refractivity contribution in [3.05, 3.63) is 57.3 Å². The Morgan fingerprint density at radius 1 is 1.20 bits per heavy atom. The van der Waals surface area contributed by atoms with Crippen molar-refractivity contribution >= 4 is 11.3 Å².